The van der Waals surface area contributed by atoms with Crippen molar-refractivity contribution in [1.82, 2.24) is 4.57 Å². The van der Waals surface area contributed by atoms with Crippen molar-refractivity contribution in [2.75, 3.05) is 0 Å². The van der Waals surface area contributed by atoms with Crippen LogP contribution in [0.2, 0.25) is 6.55 Å². The Morgan fingerprint density at radius 2 is 1.29 bits per heavy atom. The molecule has 1 nitrogen and oxygen atoms in total. The van der Waals surface area contributed by atoms with Gasteiger partial charge in [-0.1, -0.05) is 50.8 Å². The molecule has 0 radical (unpaired) electrons. The van der Waals surface area contributed by atoms with E-state index in [1.807, 2.05) is 0 Å². The van der Waals surface area contributed by atoms with Crippen molar-refractivity contribution in [2.45, 2.75) is 82.8 Å². The van der Waals surface area contributed by atoms with Crippen LogP contribution in [0.3, 0.4) is 0 Å². The van der Waals surface area contributed by atoms with Crippen LogP contribution in [-0.2, 0) is 0 Å². The van der Waals surface area contributed by atoms with E-state index >= 15 is 0 Å². The molecule has 0 saturated heterocycles. The van der Waals surface area contributed by atoms with Gasteiger partial charge in [-0.3, -0.25) is 0 Å². The van der Waals surface area contributed by atoms with Gasteiger partial charge in [0, 0.05) is 12.1 Å². The van der Waals surface area contributed by atoms with Crippen molar-refractivity contribution in [2.24, 2.45) is 0 Å². The lowest BCUT2D eigenvalue weighted by atomic mass is 9.91. The first kappa shape index (κ1) is 13.4. The molecular formula is C15H29NSi. The highest BCUT2D eigenvalue weighted by atomic mass is 28.3. The Labute approximate surface area is 109 Å². The Balaban J connectivity index is 2.02. The summed E-state index contributed by atoms with van der Waals surface area (Å²) < 4.78 is 2.96. The van der Waals surface area contributed by atoms with Crippen molar-refractivity contribution in [3.05, 3.63) is 12.3 Å². The normalized spacial score (nSPS) is 26.0. The molecule has 1 atom stereocenters. The van der Waals surface area contributed by atoms with Gasteiger partial charge >= 0.3 is 0 Å². The molecule has 2 saturated carbocycles. The molecule has 0 aliphatic heterocycles. The zero-order chi connectivity index (χ0) is 12.1. The standard InChI is InChI=1S/C15H29NSi/c1-3-17(2)16(14-10-6-4-7-11-14)15-12-8-5-9-13-15/h3,14-15,17H,1,4-13H2,2H3. The Morgan fingerprint density at radius 1 is 0.882 bits per heavy atom. The maximum Gasteiger partial charge on any atom is 0.133 e. The topological polar surface area (TPSA) is 3.24 Å². The number of nitrogens with zero attached hydrogens (tertiary/aromatic N) is 1. The van der Waals surface area contributed by atoms with Gasteiger partial charge < -0.3 is 4.57 Å². The van der Waals surface area contributed by atoms with E-state index < -0.39 is 8.96 Å². The molecule has 2 rings (SSSR count). The van der Waals surface area contributed by atoms with Gasteiger partial charge in [0.15, 0.2) is 0 Å². The van der Waals surface area contributed by atoms with Gasteiger partial charge in [0.2, 0.25) is 0 Å². The monoisotopic (exact) mass is 251 g/mol. The molecule has 1 unspecified atom stereocenters. The summed E-state index contributed by atoms with van der Waals surface area (Å²) in [6.07, 6.45) is 14.6. The first-order valence-electron chi connectivity index (χ1n) is 7.73. The highest BCUT2D eigenvalue weighted by molar-refractivity contribution is 6.59. The second-order valence-corrected chi connectivity index (χ2v) is 8.56. The fraction of sp³-hybridized carbons (Fsp3) is 0.867. The smallest absolute Gasteiger partial charge is 0.133 e. The second kappa shape index (κ2) is 6.74. The molecule has 0 amide bonds. The third kappa shape index (κ3) is 3.44. The van der Waals surface area contributed by atoms with Crippen LogP contribution in [0.1, 0.15) is 64.2 Å². The fourth-order valence-corrected chi connectivity index (χ4v) is 6.01. The summed E-state index contributed by atoms with van der Waals surface area (Å²) in [5.74, 6) is 0. The van der Waals surface area contributed by atoms with Gasteiger partial charge in [-0.25, -0.2) is 0 Å². The third-order valence-corrected chi connectivity index (χ3v) is 7.27. The van der Waals surface area contributed by atoms with Gasteiger partial charge in [0.1, 0.15) is 8.96 Å². The maximum atomic E-state index is 4.09. The molecule has 98 valence electrons. The summed E-state index contributed by atoms with van der Waals surface area (Å²) in [5.41, 5.74) is 2.29. The Morgan fingerprint density at radius 3 is 1.65 bits per heavy atom. The minimum absolute atomic E-state index is 0.845. The molecule has 0 aromatic rings. The highest BCUT2D eigenvalue weighted by Crippen LogP contribution is 2.31. The summed E-state index contributed by atoms with van der Waals surface area (Å²) in [5, 5.41) is 0. The van der Waals surface area contributed by atoms with E-state index in [0.29, 0.717) is 0 Å². The zero-order valence-corrected chi connectivity index (χ0v) is 12.7. The van der Waals surface area contributed by atoms with Crippen LogP contribution in [0.15, 0.2) is 12.3 Å². The Bertz CT molecular complexity index is 211. The van der Waals surface area contributed by atoms with Gasteiger partial charge in [-0.15, -0.1) is 6.58 Å². The van der Waals surface area contributed by atoms with Crippen molar-refractivity contribution in [3.8, 4) is 0 Å². The lowest BCUT2D eigenvalue weighted by molar-refractivity contribution is 0.167. The van der Waals surface area contributed by atoms with Crippen LogP contribution in [0.5, 0.6) is 0 Å². The molecule has 2 fully saturated rings. The van der Waals surface area contributed by atoms with Crippen LogP contribution in [0.25, 0.3) is 0 Å². The zero-order valence-electron chi connectivity index (χ0n) is 11.5. The molecule has 2 aliphatic rings. The van der Waals surface area contributed by atoms with Crippen molar-refractivity contribution in [3.63, 3.8) is 0 Å². The van der Waals surface area contributed by atoms with Gasteiger partial charge in [0.05, 0.1) is 0 Å². The summed E-state index contributed by atoms with van der Waals surface area (Å²) >= 11 is 0. The first-order chi connectivity index (χ1) is 8.33. The molecule has 0 N–H and O–H groups in total. The first-order valence-corrected chi connectivity index (χ1v) is 10.1. The number of hydrogen-bond donors (Lipinski definition) is 0. The average Bonchev–Trinajstić information content (AvgIpc) is 2.41. The summed E-state index contributed by atoms with van der Waals surface area (Å²) in [4.78, 5) is 0. The van der Waals surface area contributed by atoms with Gasteiger partial charge in [-0.2, -0.15) is 0 Å². The second-order valence-electron chi connectivity index (χ2n) is 6.01. The van der Waals surface area contributed by atoms with E-state index in [4.69, 9.17) is 0 Å². The van der Waals surface area contributed by atoms with Crippen LogP contribution in [0.4, 0.5) is 0 Å². The summed E-state index contributed by atoms with van der Waals surface area (Å²) in [6, 6.07) is 1.82. The van der Waals surface area contributed by atoms with E-state index in [-0.39, 0.29) is 0 Å². The Hall–Kier alpha value is -0.0831. The highest BCUT2D eigenvalue weighted by Gasteiger charge is 2.31. The molecule has 2 heteroatoms. The predicted octanol–water partition coefficient (Wildman–Crippen LogP) is 4.03. The molecule has 2 aliphatic carbocycles. The van der Waals surface area contributed by atoms with Gasteiger partial charge in [-0.05, 0) is 25.7 Å². The van der Waals surface area contributed by atoms with Crippen LogP contribution >= 0.6 is 0 Å². The summed E-state index contributed by atoms with van der Waals surface area (Å²) in [7, 11) is -0.845. The number of rotatable bonds is 4. The number of hydrogen-bond acceptors (Lipinski definition) is 1. The lowest BCUT2D eigenvalue weighted by Crippen LogP contribution is -2.51. The molecule has 0 aromatic heterocycles. The molecule has 0 spiro atoms. The molecule has 0 heterocycles. The van der Waals surface area contributed by atoms with E-state index in [1.54, 1.807) is 0 Å². The van der Waals surface area contributed by atoms with Gasteiger partial charge in [0.25, 0.3) is 0 Å². The largest absolute Gasteiger partial charge is 0.317 e. The predicted molar refractivity (Wildman–Crippen MR) is 78.8 cm³/mol. The van der Waals surface area contributed by atoms with E-state index in [0.717, 1.165) is 12.1 Å². The van der Waals surface area contributed by atoms with Crippen molar-refractivity contribution >= 4 is 8.96 Å². The minimum Gasteiger partial charge on any atom is -0.317 e. The van der Waals surface area contributed by atoms with E-state index in [1.165, 1.54) is 64.2 Å². The third-order valence-electron chi connectivity index (χ3n) is 4.80. The van der Waals surface area contributed by atoms with Crippen molar-refractivity contribution < 1.29 is 0 Å². The van der Waals surface area contributed by atoms with E-state index in [2.05, 4.69) is 23.4 Å². The molecule has 0 bridgehead atoms. The van der Waals surface area contributed by atoms with Crippen LogP contribution in [-0.4, -0.2) is 25.6 Å². The molecular weight excluding hydrogens is 222 g/mol. The SMILES string of the molecule is C=C[SiH](C)N(C1CCCCC1)C1CCCCC1. The maximum absolute atomic E-state index is 4.09. The average molecular weight is 251 g/mol. The minimum atomic E-state index is -0.845. The molecule has 0 aromatic carbocycles. The Kier molecular flexibility index (Phi) is 5.30. The summed E-state index contributed by atoms with van der Waals surface area (Å²) in [6.45, 7) is 6.57. The van der Waals surface area contributed by atoms with Crippen molar-refractivity contribution in [1.29, 1.82) is 0 Å². The fourth-order valence-electron chi connectivity index (χ4n) is 3.84. The van der Waals surface area contributed by atoms with E-state index in [9.17, 15) is 0 Å². The molecule has 17 heavy (non-hydrogen) atoms. The lowest BCUT2D eigenvalue weighted by Gasteiger charge is -2.44. The van der Waals surface area contributed by atoms with Crippen LogP contribution < -0.4 is 0 Å². The quantitative estimate of drug-likeness (QED) is 0.682. The van der Waals surface area contributed by atoms with Crippen LogP contribution in [0, 0.1) is 0 Å².